The Morgan fingerprint density at radius 3 is 2.90 bits per heavy atom. The van der Waals surface area contributed by atoms with Crippen molar-refractivity contribution < 1.29 is 19.5 Å². The lowest BCUT2D eigenvalue weighted by Crippen LogP contribution is -3.23. The van der Waals surface area contributed by atoms with Crippen molar-refractivity contribution in [2.75, 3.05) is 26.3 Å². The van der Waals surface area contributed by atoms with Crippen molar-refractivity contribution in [2.24, 2.45) is 0 Å². The van der Waals surface area contributed by atoms with Gasteiger partial charge in [-0.05, 0) is 31.0 Å². The molecule has 4 nitrogen and oxygen atoms in total. The number of fused-ring (bicyclic) bond motifs is 3. The van der Waals surface area contributed by atoms with Crippen molar-refractivity contribution >= 4 is 0 Å². The second-order valence-corrected chi connectivity index (χ2v) is 6.23. The van der Waals surface area contributed by atoms with Crippen LogP contribution in [0.5, 0.6) is 11.5 Å². The SMILES string of the molecule is Oc1ccc2c(c1)[C@@H]1CCCC[C@]1([NH+]1CCOCC1)O2. The number of ether oxygens (including phenoxy) is 2. The van der Waals surface area contributed by atoms with Gasteiger partial charge in [0.25, 0.3) is 0 Å². The Morgan fingerprint density at radius 2 is 2.05 bits per heavy atom. The van der Waals surface area contributed by atoms with Gasteiger partial charge < -0.3 is 14.6 Å². The molecule has 108 valence electrons. The van der Waals surface area contributed by atoms with Crippen molar-refractivity contribution in [3.8, 4) is 11.5 Å². The van der Waals surface area contributed by atoms with Gasteiger partial charge in [0.2, 0.25) is 5.72 Å². The number of morpholine rings is 1. The van der Waals surface area contributed by atoms with Crippen LogP contribution in [-0.4, -0.2) is 37.1 Å². The number of hydrogen-bond acceptors (Lipinski definition) is 3. The van der Waals surface area contributed by atoms with Gasteiger partial charge in [0.1, 0.15) is 24.6 Å². The third-order valence-corrected chi connectivity index (χ3v) is 5.21. The summed E-state index contributed by atoms with van der Waals surface area (Å²) in [7, 11) is 0. The van der Waals surface area contributed by atoms with E-state index in [4.69, 9.17) is 9.47 Å². The van der Waals surface area contributed by atoms with E-state index in [-0.39, 0.29) is 5.72 Å². The largest absolute Gasteiger partial charge is 0.508 e. The van der Waals surface area contributed by atoms with Gasteiger partial charge in [0.15, 0.2) is 0 Å². The van der Waals surface area contributed by atoms with Crippen molar-refractivity contribution in [3.05, 3.63) is 23.8 Å². The van der Waals surface area contributed by atoms with Crippen molar-refractivity contribution in [2.45, 2.75) is 37.3 Å². The molecule has 2 aliphatic heterocycles. The summed E-state index contributed by atoms with van der Waals surface area (Å²) in [4.78, 5) is 1.53. The van der Waals surface area contributed by atoms with Crippen LogP contribution in [0.4, 0.5) is 0 Å². The van der Waals surface area contributed by atoms with Crippen LogP contribution in [0.3, 0.4) is 0 Å². The lowest BCUT2D eigenvalue weighted by atomic mass is 9.77. The van der Waals surface area contributed by atoms with Crippen LogP contribution in [0.2, 0.25) is 0 Å². The van der Waals surface area contributed by atoms with Crippen LogP contribution >= 0.6 is 0 Å². The molecule has 1 saturated heterocycles. The van der Waals surface area contributed by atoms with E-state index in [0.29, 0.717) is 11.7 Å². The summed E-state index contributed by atoms with van der Waals surface area (Å²) >= 11 is 0. The van der Waals surface area contributed by atoms with Crippen LogP contribution in [-0.2, 0) is 4.74 Å². The molecule has 0 spiro atoms. The zero-order chi connectivity index (χ0) is 13.6. The minimum atomic E-state index is -0.113. The standard InChI is InChI=1S/C16H21NO3/c18-12-4-5-15-13(11-12)14-3-1-2-6-16(14,20-15)17-7-9-19-10-8-17/h4-5,11,14,18H,1-3,6-10H2/p+1/t14-,16-/m0/s1. The number of aromatic hydroxyl groups is 1. The van der Waals surface area contributed by atoms with Gasteiger partial charge >= 0.3 is 0 Å². The van der Waals surface area contributed by atoms with E-state index in [1.54, 1.807) is 6.07 Å². The molecule has 1 aromatic carbocycles. The lowest BCUT2D eigenvalue weighted by molar-refractivity contribution is -0.982. The second kappa shape index (κ2) is 4.64. The predicted octanol–water partition coefficient (Wildman–Crippen LogP) is 1.05. The average Bonchev–Trinajstić information content (AvgIpc) is 2.83. The van der Waals surface area contributed by atoms with Crippen LogP contribution in [0.1, 0.15) is 37.2 Å². The van der Waals surface area contributed by atoms with Crippen LogP contribution < -0.4 is 9.64 Å². The Bertz CT molecular complexity index is 512. The fourth-order valence-electron chi connectivity index (χ4n) is 4.31. The highest BCUT2D eigenvalue weighted by atomic mass is 16.5. The molecule has 1 aliphatic carbocycles. The van der Waals surface area contributed by atoms with E-state index in [1.165, 1.54) is 29.7 Å². The lowest BCUT2D eigenvalue weighted by Gasteiger charge is -2.44. The number of hydrogen-bond donors (Lipinski definition) is 2. The first kappa shape index (κ1) is 12.5. The first-order valence-electron chi connectivity index (χ1n) is 7.74. The minimum Gasteiger partial charge on any atom is -0.508 e. The molecule has 1 saturated carbocycles. The topological polar surface area (TPSA) is 43.1 Å². The van der Waals surface area contributed by atoms with Gasteiger partial charge in [-0.1, -0.05) is 6.42 Å². The highest BCUT2D eigenvalue weighted by Crippen LogP contribution is 2.50. The second-order valence-electron chi connectivity index (χ2n) is 6.23. The number of rotatable bonds is 1. The van der Waals surface area contributed by atoms with Crippen LogP contribution in [0.15, 0.2) is 18.2 Å². The quantitative estimate of drug-likeness (QED) is 0.806. The van der Waals surface area contributed by atoms with E-state index >= 15 is 0 Å². The average molecular weight is 276 g/mol. The monoisotopic (exact) mass is 276 g/mol. The fourth-order valence-corrected chi connectivity index (χ4v) is 4.31. The molecule has 0 amide bonds. The smallest absolute Gasteiger partial charge is 0.248 e. The Labute approximate surface area is 119 Å². The number of nitrogens with one attached hydrogen (secondary N) is 1. The Morgan fingerprint density at radius 1 is 1.20 bits per heavy atom. The first-order chi connectivity index (χ1) is 9.79. The Balaban J connectivity index is 1.74. The van der Waals surface area contributed by atoms with E-state index in [1.807, 2.05) is 12.1 Å². The molecular weight excluding hydrogens is 254 g/mol. The van der Waals surface area contributed by atoms with Gasteiger partial charge in [-0.25, -0.2) is 0 Å². The molecule has 4 heteroatoms. The first-order valence-corrected chi connectivity index (χ1v) is 7.74. The maximum atomic E-state index is 9.80. The molecule has 2 atom stereocenters. The molecular formula is C16H22NO3+. The molecule has 0 unspecified atom stereocenters. The highest BCUT2D eigenvalue weighted by molar-refractivity contribution is 5.46. The van der Waals surface area contributed by atoms with Crippen molar-refractivity contribution in [1.82, 2.24) is 0 Å². The maximum absolute atomic E-state index is 9.80. The minimum absolute atomic E-state index is 0.113. The summed E-state index contributed by atoms with van der Waals surface area (Å²) in [5.74, 6) is 1.76. The maximum Gasteiger partial charge on any atom is 0.248 e. The van der Waals surface area contributed by atoms with E-state index in [9.17, 15) is 5.11 Å². The molecule has 0 bridgehead atoms. The summed E-state index contributed by atoms with van der Waals surface area (Å²) in [6.07, 6.45) is 4.78. The van der Waals surface area contributed by atoms with Crippen LogP contribution in [0, 0.1) is 0 Å². The summed E-state index contributed by atoms with van der Waals surface area (Å²) in [5.41, 5.74) is 1.10. The zero-order valence-corrected chi connectivity index (χ0v) is 11.7. The Hall–Kier alpha value is -1.26. The summed E-state index contributed by atoms with van der Waals surface area (Å²) in [6, 6.07) is 5.58. The molecule has 2 N–H and O–H groups in total. The number of quaternary nitrogens is 1. The normalized spacial score (nSPS) is 33.3. The molecule has 2 heterocycles. The van der Waals surface area contributed by atoms with Crippen molar-refractivity contribution in [1.29, 1.82) is 0 Å². The fraction of sp³-hybridized carbons (Fsp3) is 0.625. The molecule has 3 aliphatic rings. The van der Waals surface area contributed by atoms with E-state index in [0.717, 1.165) is 38.5 Å². The number of phenols is 1. The zero-order valence-electron chi connectivity index (χ0n) is 11.7. The molecule has 1 aromatic rings. The summed E-state index contributed by atoms with van der Waals surface area (Å²) < 4.78 is 12.0. The molecule has 20 heavy (non-hydrogen) atoms. The summed E-state index contributed by atoms with van der Waals surface area (Å²) in [6.45, 7) is 3.70. The predicted molar refractivity (Wildman–Crippen MR) is 74.2 cm³/mol. The number of phenolic OH excluding ortho intramolecular Hbond substituents is 1. The third-order valence-electron chi connectivity index (χ3n) is 5.21. The molecule has 0 radical (unpaired) electrons. The van der Waals surface area contributed by atoms with Crippen molar-refractivity contribution in [3.63, 3.8) is 0 Å². The highest BCUT2D eigenvalue weighted by Gasteiger charge is 2.57. The summed E-state index contributed by atoms with van der Waals surface area (Å²) in [5, 5.41) is 9.80. The van der Waals surface area contributed by atoms with Gasteiger partial charge in [-0.2, -0.15) is 0 Å². The molecule has 4 rings (SSSR count). The van der Waals surface area contributed by atoms with Gasteiger partial charge in [-0.15, -0.1) is 0 Å². The van der Waals surface area contributed by atoms with Gasteiger partial charge in [-0.3, -0.25) is 4.90 Å². The van der Waals surface area contributed by atoms with Gasteiger partial charge in [0.05, 0.1) is 19.1 Å². The molecule has 0 aromatic heterocycles. The third kappa shape index (κ3) is 1.75. The van der Waals surface area contributed by atoms with E-state index in [2.05, 4.69) is 0 Å². The molecule has 2 fully saturated rings. The van der Waals surface area contributed by atoms with E-state index < -0.39 is 0 Å². The van der Waals surface area contributed by atoms with Crippen LogP contribution in [0.25, 0.3) is 0 Å². The number of benzene rings is 1. The van der Waals surface area contributed by atoms with Gasteiger partial charge in [0, 0.05) is 12.0 Å². The Kier molecular flexibility index (Phi) is 2.89.